The SMILES string of the molecule is CC1CCN(C(=O)NCc2nccn2C)C(C(=O)O)C1. The Hall–Kier alpha value is -2.05. The number of nitrogens with one attached hydrogen (secondary N) is 1. The van der Waals surface area contributed by atoms with E-state index in [1.807, 2.05) is 18.5 Å². The maximum atomic E-state index is 12.1. The van der Waals surface area contributed by atoms with Gasteiger partial charge in [0, 0.05) is 26.0 Å². The molecular weight excluding hydrogens is 260 g/mol. The van der Waals surface area contributed by atoms with Gasteiger partial charge < -0.3 is 19.9 Å². The normalized spacial score (nSPS) is 22.6. The lowest BCUT2D eigenvalue weighted by Crippen LogP contribution is -2.53. The first-order valence-electron chi connectivity index (χ1n) is 6.72. The summed E-state index contributed by atoms with van der Waals surface area (Å²) in [5.41, 5.74) is 0. The second-order valence-corrected chi connectivity index (χ2v) is 5.29. The van der Waals surface area contributed by atoms with Gasteiger partial charge >= 0.3 is 12.0 Å². The number of aliphatic carboxylic acids is 1. The average Bonchev–Trinajstić information content (AvgIpc) is 2.81. The second-order valence-electron chi connectivity index (χ2n) is 5.29. The van der Waals surface area contributed by atoms with Gasteiger partial charge in [-0.3, -0.25) is 0 Å². The molecule has 7 heteroatoms. The van der Waals surface area contributed by atoms with E-state index < -0.39 is 12.0 Å². The summed E-state index contributed by atoms with van der Waals surface area (Å²) < 4.78 is 1.81. The number of hydrogen-bond donors (Lipinski definition) is 2. The van der Waals surface area contributed by atoms with Crippen molar-refractivity contribution in [2.24, 2.45) is 13.0 Å². The molecule has 0 spiro atoms. The number of amides is 2. The Bertz CT molecular complexity index is 500. The van der Waals surface area contributed by atoms with E-state index in [9.17, 15) is 14.7 Å². The number of nitrogens with zero attached hydrogens (tertiary/aromatic N) is 3. The third kappa shape index (κ3) is 3.09. The minimum atomic E-state index is -0.941. The molecule has 0 aromatic carbocycles. The van der Waals surface area contributed by atoms with Crippen molar-refractivity contribution >= 4 is 12.0 Å². The first-order chi connectivity index (χ1) is 9.49. The van der Waals surface area contributed by atoms with Gasteiger partial charge in [-0.05, 0) is 18.8 Å². The molecule has 0 saturated carbocycles. The number of carbonyl (C=O) groups excluding carboxylic acids is 1. The molecule has 1 aliphatic rings. The molecule has 2 atom stereocenters. The van der Waals surface area contributed by atoms with Crippen LogP contribution in [0, 0.1) is 5.92 Å². The maximum Gasteiger partial charge on any atom is 0.326 e. The van der Waals surface area contributed by atoms with E-state index in [1.54, 1.807) is 12.4 Å². The summed E-state index contributed by atoms with van der Waals surface area (Å²) in [7, 11) is 1.84. The molecule has 2 unspecified atom stereocenters. The fourth-order valence-corrected chi connectivity index (χ4v) is 2.44. The van der Waals surface area contributed by atoms with Gasteiger partial charge in [-0.15, -0.1) is 0 Å². The van der Waals surface area contributed by atoms with E-state index in [0.29, 0.717) is 25.4 Å². The molecule has 2 heterocycles. The molecule has 1 aliphatic heterocycles. The van der Waals surface area contributed by atoms with Crippen molar-refractivity contribution < 1.29 is 14.7 Å². The second kappa shape index (κ2) is 5.94. The summed E-state index contributed by atoms with van der Waals surface area (Å²) in [5.74, 6) is 0.119. The van der Waals surface area contributed by atoms with Crippen molar-refractivity contribution in [1.29, 1.82) is 0 Å². The van der Waals surface area contributed by atoms with Crippen LogP contribution in [0.15, 0.2) is 12.4 Å². The number of carbonyl (C=O) groups is 2. The first kappa shape index (κ1) is 14.4. The van der Waals surface area contributed by atoms with Gasteiger partial charge in [0.15, 0.2) is 0 Å². The third-order valence-corrected chi connectivity index (χ3v) is 3.73. The molecule has 20 heavy (non-hydrogen) atoms. The zero-order valence-electron chi connectivity index (χ0n) is 11.7. The lowest BCUT2D eigenvalue weighted by molar-refractivity contribution is -0.143. The number of hydrogen-bond acceptors (Lipinski definition) is 3. The van der Waals surface area contributed by atoms with Crippen LogP contribution < -0.4 is 5.32 Å². The lowest BCUT2D eigenvalue weighted by atomic mass is 9.93. The minimum absolute atomic E-state index is 0.292. The highest BCUT2D eigenvalue weighted by molar-refractivity contribution is 5.82. The molecule has 0 radical (unpaired) electrons. The fourth-order valence-electron chi connectivity index (χ4n) is 2.44. The lowest BCUT2D eigenvalue weighted by Gasteiger charge is -2.35. The van der Waals surface area contributed by atoms with Gasteiger partial charge in [0.25, 0.3) is 0 Å². The minimum Gasteiger partial charge on any atom is -0.480 e. The molecule has 1 aromatic rings. The number of urea groups is 1. The standard InChI is InChI=1S/C13H20N4O3/c1-9-3-5-17(10(7-9)12(18)19)13(20)15-8-11-14-4-6-16(11)2/h4,6,9-10H,3,5,7-8H2,1-2H3,(H,15,20)(H,18,19). The summed E-state index contributed by atoms with van der Waals surface area (Å²) >= 11 is 0. The molecule has 0 bridgehead atoms. The number of carboxylic acids is 1. The molecule has 2 amide bonds. The summed E-state index contributed by atoms with van der Waals surface area (Å²) in [6.45, 7) is 2.78. The highest BCUT2D eigenvalue weighted by Crippen LogP contribution is 2.22. The van der Waals surface area contributed by atoms with Gasteiger partial charge in [0.2, 0.25) is 0 Å². The molecule has 110 valence electrons. The van der Waals surface area contributed by atoms with Gasteiger partial charge in [-0.2, -0.15) is 0 Å². The number of likely N-dealkylation sites (tertiary alicyclic amines) is 1. The van der Waals surface area contributed by atoms with Gasteiger partial charge in [-0.25, -0.2) is 14.6 Å². The van der Waals surface area contributed by atoms with Crippen molar-refractivity contribution in [2.45, 2.75) is 32.4 Å². The van der Waals surface area contributed by atoms with Crippen LogP contribution in [-0.2, 0) is 18.4 Å². The van der Waals surface area contributed by atoms with E-state index in [4.69, 9.17) is 0 Å². The Balaban J connectivity index is 1.96. The quantitative estimate of drug-likeness (QED) is 0.858. The predicted molar refractivity (Wildman–Crippen MR) is 72.0 cm³/mol. The predicted octanol–water partition coefficient (Wildman–Crippen LogP) is 0.815. The van der Waals surface area contributed by atoms with Crippen molar-refractivity contribution in [2.75, 3.05) is 6.54 Å². The topological polar surface area (TPSA) is 87.5 Å². The smallest absolute Gasteiger partial charge is 0.326 e. The summed E-state index contributed by atoms with van der Waals surface area (Å²) in [6, 6.07) is -1.08. The maximum absolute atomic E-state index is 12.1. The van der Waals surface area contributed by atoms with Gasteiger partial charge in [-0.1, -0.05) is 6.92 Å². The first-order valence-corrected chi connectivity index (χ1v) is 6.72. The molecular formula is C13H20N4O3. The molecule has 2 rings (SSSR count). The number of aryl methyl sites for hydroxylation is 1. The van der Waals surface area contributed by atoms with E-state index in [0.717, 1.165) is 12.2 Å². The number of imidazole rings is 1. The number of aromatic nitrogens is 2. The Kier molecular flexibility index (Phi) is 4.26. The molecule has 1 fully saturated rings. The van der Waals surface area contributed by atoms with Crippen LogP contribution in [0.4, 0.5) is 4.79 Å². The zero-order chi connectivity index (χ0) is 14.7. The highest BCUT2D eigenvalue weighted by atomic mass is 16.4. The van der Waals surface area contributed by atoms with E-state index in [1.165, 1.54) is 4.90 Å². The Morgan fingerprint density at radius 1 is 1.55 bits per heavy atom. The molecule has 7 nitrogen and oxygen atoms in total. The van der Waals surface area contributed by atoms with Crippen LogP contribution >= 0.6 is 0 Å². The van der Waals surface area contributed by atoms with Crippen LogP contribution in [0.2, 0.25) is 0 Å². The Morgan fingerprint density at radius 3 is 2.90 bits per heavy atom. The zero-order valence-corrected chi connectivity index (χ0v) is 11.7. The monoisotopic (exact) mass is 280 g/mol. The van der Waals surface area contributed by atoms with Crippen LogP contribution in [0.1, 0.15) is 25.6 Å². The fraction of sp³-hybridized carbons (Fsp3) is 0.615. The van der Waals surface area contributed by atoms with Gasteiger partial charge in [0.1, 0.15) is 11.9 Å². The van der Waals surface area contributed by atoms with Crippen LogP contribution in [-0.4, -0.2) is 44.1 Å². The van der Waals surface area contributed by atoms with E-state index >= 15 is 0 Å². The van der Waals surface area contributed by atoms with Crippen molar-refractivity contribution in [3.8, 4) is 0 Å². The number of carboxylic acid groups (broad SMARTS) is 1. The van der Waals surface area contributed by atoms with Crippen LogP contribution in [0.5, 0.6) is 0 Å². The molecule has 1 aromatic heterocycles. The molecule has 1 saturated heterocycles. The molecule has 0 aliphatic carbocycles. The van der Waals surface area contributed by atoms with Crippen molar-refractivity contribution in [3.05, 3.63) is 18.2 Å². The Morgan fingerprint density at radius 2 is 2.30 bits per heavy atom. The van der Waals surface area contributed by atoms with E-state index in [-0.39, 0.29) is 6.03 Å². The van der Waals surface area contributed by atoms with Gasteiger partial charge in [0.05, 0.1) is 6.54 Å². The summed E-state index contributed by atoms with van der Waals surface area (Å²) in [5, 5.41) is 12.0. The summed E-state index contributed by atoms with van der Waals surface area (Å²) in [6.07, 6.45) is 4.79. The number of rotatable bonds is 3. The number of piperidine rings is 1. The largest absolute Gasteiger partial charge is 0.480 e. The Labute approximate surface area is 117 Å². The van der Waals surface area contributed by atoms with E-state index in [2.05, 4.69) is 10.3 Å². The van der Waals surface area contributed by atoms with Crippen molar-refractivity contribution in [1.82, 2.24) is 19.8 Å². The highest BCUT2D eigenvalue weighted by Gasteiger charge is 2.34. The molecule has 2 N–H and O–H groups in total. The van der Waals surface area contributed by atoms with Crippen LogP contribution in [0.3, 0.4) is 0 Å². The third-order valence-electron chi connectivity index (χ3n) is 3.73. The van der Waals surface area contributed by atoms with Crippen molar-refractivity contribution in [3.63, 3.8) is 0 Å². The summed E-state index contributed by atoms with van der Waals surface area (Å²) in [4.78, 5) is 28.9. The average molecular weight is 280 g/mol. The van der Waals surface area contributed by atoms with Crippen LogP contribution in [0.25, 0.3) is 0 Å².